The van der Waals surface area contributed by atoms with Crippen LogP contribution in [0.25, 0.3) is 0 Å². The first-order valence-corrected chi connectivity index (χ1v) is 2.40. The number of rotatable bonds is 2. The molecule has 0 bridgehead atoms. The van der Waals surface area contributed by atoms with E-state index in [0.29, 0.717) is 6.61 Å². The molecule has 0 spiro atoms. The molecular formula is C4H6O2S. The summed E-state index contributed by atoms with van der Waals surface area (Å²) in [5.74, 6) is -0.433. The molecule has 3 heteroatoms. The van der Waals surface area contributed by atoms with E-state index < -0.39 is 5.97 Å². The highest BCUT2D eigenvalue weighted by molar-refractivity contribution is 7.80. The van der Waals surface area contributed by atoms with Gasteiger partial charge in [-0.05, 0) is 6.92 Å². The van der Waals surface area contributed by atoms with Gasteiger partial charge in [0.1, 0.15) is 0 Å². The Morgan fingerprint density at radius 3 is 2.71 bits per heavy atom. The van der Waals surface area contributed by atoms with Gasteiger partial charge >= 0.3 is 5.97 Å². The second-order valence-corrected chi connectivity index (χ2v) is 1.11. The first kappa shape index (κ1) is 6.56. The standard InChI is InChI=1S/C4H6O2S/c1-2-6-4(5)3-7/h3H,2H2,1H3. The fourth-order valence-corrected chi connectivity index (χ4v) is 0.244. The number of hydrogen-bond donors (Lipinski definition) is 0. The highest BCUT2D eigenvalue weighted by Gasteiger charge is 1.88. The van der Waals surface area contributed by atoms with Crippen LogP contribution in [0.5, 0.6) is 0 Å². The molecule has 0 amide bonds. The van der Waals surface area contributed by atoms with Crippen molar-refractivity contribution in [3.05, 3.63) is 0 Å². The lowest BCUT2D eigenvalue weighted by molar-refractivity contribution is -0.134. The molecule has 0 aromatic carbocycles. The molecule has 0 aromatic rings. The van der Waals surface area contributed by atoms with Gasteiger partial charge in [-0.2, -0.15) is 0 Å². The third-order valence-electron chi connectivity index (χ3n) is 0.383. The number of hydrogen-bond acceptors (Lipinski definition) is 3. The normalized spacial score (nSPS) is 7.57. The summed E-state index contributed by atoms with van der Waals surface area (Å²) in [6.07, 6.45) is 0. The maximum Gasteiger partial charge on any atom is 0.341 e. The lowest BCUT2D eigenvalue weighted by atomic mass is 10.8. The predicted octanol–water partition coefficient (Wildman–Crippen LogP) is 0.549. The quantitative estimate of drug-likeness (QED) is 0.391. The van der Waals surface area contributed by atoms with Crippen LogP contribution < -0.4 is 0 Å². The Kier molecular flexibility index (Phi) is 3.50. The van der Waals surface area contributed by atoms with E-state index in [9.17, 15) is 4.79 Å². The van der Waals surface area contributed by atoms with Crippen molar-refractivity contribution in [2.75, 3.05) is 6.61 Å². The molecule has 0 aliphatic heterocycles. The van der Waals surface area contributed by atoms with E-state index in [0.717, 1.165) is 5.37 Å². The van der Waals surface area contributed by atoms with Crippen molar-refractivity contribution < 1.29 is 9.53 Å². The van der Waals surface area contributed by atoms with Crippen LogP contribution in [0.2, 0.25) is 0 Å². The van der Waals surface area contributed by atoms with Crippen molar-refractivity contribution in [1.29, 1.82) is 0 Å². The Bertz CT molecular complexity index is 79.8. The van der Waals surface area contributed by atoms with Crippen molar-refractivity contribution in [3.63, 3.8) is 0 Å². The Morgan fingerprint density at radius 2 is 2.57 bits per heavy atom. The van der Waals surface area contributed by atoms with Crippen molar-refractivity contribution in [3.8, 4) is 0 Å². The second kappa shape index (κ2) is 3.74. The molecule has 7 heavy (non-hydrogen) atoms. The van der Waals surface area contributed by atoms with Gasteiger partial charge in [-0.25, -0.2) is 4.79 Å². The molecular weight excluding hydrogens is 112 g/mol. The van der Waals surface area contributed by atoms with Crippen LogP contribution in [-0.2, 0) is 9.53 Å². The number of ether oxygens (including phenoxy) is 1. The summed E-state index contributed by atoms with van der Waals surface area (Å²) >= 11 is 4.24. The van der Waals surface area contributed by atoms with Crippen molar-refractivity contribution in [1.82, 2.24) is 0 Å². The van der Waals surface area contributed by atoms with Gasteiger partial charge in [0, 0.05) is 0 Å². The van der Waals surface area contributed by atoms with E-state index >= 15 is 0 Å². The van der Waals surface area contributed by atoms with Gasteiger partial charge in [0.2, 0.25) is 0 Å². The molecule has 0 heterocycles. The smallest absolute Gasteiger partial charge is 0.341 e. The minimum Gasteiger partial charge on any atom is -0.462 e. The summed E-state index contributed by atoms with van der Waals surface area (Å²) in [4.78, 5) is 10.0. The van der Waals surface area contributed by atoms with Crippen molar-refractivity contribution >= 4 is 23.6 Å². The minimum absolute atomic E-state index is 0.395. The van der Waals surface area contributed by atoms with Crippen molar-refractivity contribution in [2.24, 2.45) is 0 Å². The molecule has 0 rings (SSSR count). The average molecular weight is 118 g/mol. The van der Waals surface area contributed by atoms with Gasteiger partial charge in [0.05, 0.1) is 12.0 Å². The van der Waals surface area contributed by atoms with Gasteiger partial charge in [0.15, 0.2) is 0 Å². The van der Waals surface area contributed by atoms with E-state index in [4.69, 9.17) is 0 Å². The van der Waals surface area contributed by atoms with Crippen molar-refractivity contribution in [2.45, 2.75) is 6.92 Å². The zero-order chi connectivity index (χ0) is 5.70. The number of esters is 1. The fraction of sp³-hybridized carbons (Fsp3) is 0.500. The van der Waals surface area contributed by atoms with Gasteiger partial charge in [-0.3, -0.25) is 0 Å². The summed E-state index contributed by atoms with van der Waals surface area (Å²) in [7, 11) is 0. The Morgan fingerprint density at radius 1 is 2.00 bits per heavy atom. The molecule has 0 atom stereocenters. The van der Waals surface area contributed by atoms with Crippen LogP contribution in [0.3, 0.4) is 0 Å². The van der Waals surface area contributed by atoms with Crippen LogP contribution in [-0.4, -0.2) is 17.9 Å². The van der Waals surface area contributed by atoms with Gasteiger partial charge < -0.3 is 4.74 Å². The first-order valence-electron chi connectivity index (χ1n) is 1.93. The highest BCUT2D eigenvalue weighted by atomic mass is 32.1. The van der Waals surface area contributed by atoms with E-state index in [1.807, 2.05) is 0 Å². The molecule has 0 fully saturated rings. The second-order valence-electron chi connectivity index (χ2n) is 0.870. The molecule has 0 unspecified atom stereocenters. The fourth-order valence-electron chi connectivity index (χ4n) is 0.176. The first-order chi connectivity index (χ1) is 3.31. The third-order valence-corrected chi connectivity index (χ3v) is 0.575. The summed E-state index contributed by atoms with van der Waals surface area (Å²) in [6.45, 7) is 2.13. The predicted molar refractivity (Wildman–Crippen MR) is 30.3 cm³/mol. The number of thiocarbonyl (C=S) groups is 1. The number of carbonyl (C=O) groups excluding carboxylic acids is 1. The molecule has 0 saturated heterocycles. The third kappa shape index (κ3) is 3.39. The number of carbonyl (C=O) groups is 1. The molecule has 0 saturated carbocycles. The largest absolute Gasteiger partial charge is 0.462 e. The van der Waals surface area contributed by atoms with E-state index in [2.05, 4.69) is 17.0 Å². The topological polar surface area (TPSA) is 26.3 Å². The zero-order valence-electron chi connectivity index (χ0n) is 4.01. The van der Waals surface area contributed by atoms with Crippen LogP contribution in [0.1, 0.15) is 6.92 Å². The Labute approximate surface area is 47.5 Å². The lowest BCUT2D eigenvalue weighted by Crippen LogP contribution is -2.02. The zero-order valence-corrected chi connectivity index (χ0v) is 4.83. The van der Waals surface area contributed by atoms with Gasteiger partial charge in [0.25, 0.3) is 0 Å². The summed E-state index contributed by atoms with van der Waals surface area (Å²) in [5.41, 5.74) is 0. The van der Waals surface area contributed by atoms with Crippen LogP contribution in [0, 0.1) is 0 Å². The van der Waals surface area contributed by atoms with E-state index in [1.165, 1.54) is 0 Å². The maximum absolute atomic E-state index is 10.0. The molecule has 0 aliphatic rings. The summed E-state index contributed by atoms with van der Waals surface area (Å²) < 4.78 is 4.39. The Hall–Kier alpha value is -0.440. The van der Waals surface area contributed by atoms with Crippen LogP contribution >= 0.6 is 12.2 Å². The summed E-state index contributed by atoms with van der Waals surface area (Å²) in [6, 6.07) is 0. The lowest BCUT2D eigenvalue weighted by Gasteiger charge is -1.89. The van der Waals surface area contributed by atoms with Crippen LogP contribution in [0.15, 0.2) is 0 Å². The summed E-state index contributed by atoms with van der Waals surface area (Å²) in [5, 5.41) is 0.976. The molecule has 0 N–H and O–H groups in total. The SMILES string of the molecule is CCOC(=O)C=S. The van der Waals surface area contributed by atoms with Crippen LogP contribution in [0.4, 0.5) is 0 Å². The molecule has 2 nitrogen and oxygen atoms in total. The van der Waals surface area contributed by atoms with E-state index in [1.54, 1.807) is 6.92 Å². The average Bonchev–Trinajstić information content (AvgIpc) is 1.68. The monoisotopic (exact) mass is 118 g/mol. The molecule has 40 valence electrons. The van der Waals surface area contributed by atoms with E-state index in [-0.39, 0.29) is 0 Å². The highest BCUT2D eigenvalue weighted by Crippen LogP contribution is 1.70. The van der Waals surface area contributed by atoms with Gasteiger partial charge in [-0.15, -0.1) is 0 Å². The molecule has 0 radical (unpaired) electrons. The minimum atomic E-state index is -0.433. The molecule has 0 aliphatic carbocycles. The Balaban J connectivity index is 3.17. The maximum atomic E-state index is 10.0. The van der Waals surface area contributed by atoms with Gasteiger partial charge in [-0.1, -0.05) is 12.2 Å². The molecule has 0 aromatic heterocycles.